The van der Waals surface area contributed by atoms with Gasteiger partial charge in [0.2, 0.25) is 0 Å². The number of hydrogen-bond donors (Lipinski definition) is 0. The summed E-state index contributed by atoms with van der Waals surface area (Å²) in [5.41, 5.74) is 3.63. The summed E-state index contributed by atoms with van der Waals surface area (Å²) in [7, 11) is 1.91. The molecule has 5 rings (SSSR count). The second-order valence-electron chi connectivity index (χ2n) is 9.56. The number of nitrogens with zero attached hydrogens (tertiary/aromatic N) is 7. The first-order valence-electron chi connectivity index (χ1n) is 11.4. The molecule has 4 heterocycles. The minimum atomic E-state index is -0.493. The average Bonchev–Trinajstić information content (AvgIpc) is 3.44. The van der Waals surface area contributed by atoms with Crippen molar-refractivity contribution in [2.75, 3.05) is 31.1 Å². The van der Waals surface area contributed by atoms with Crippen molar-refractivity contribution in [3.05, 3.63) is 55.1 Å². The minimum absolute atomic E-state index is 0.263. The molecular weight excluding hydrogens is 430 g/mol. The van der Waals surface area contributed by atoms with Crippen LogP contribution in [0, 0.1) is 0 Å². The lowest BCUT2D eigenvalue weighted by molar-refractivity contribution is 0.0240. The average molecular weight is 460 g/mol. The highest BCUT2D eigenvalue weighted by molar-refractivity contribution is 5.85. The van der Waals surface area contributed by atoms with E-state index in [0.717, 1.165) is 33.5 Å². The van der Waals surface area contributed by atoms with Crippen LogP contribution in [0.5, 0.6) is 0 Å². The van der Waals surface area contributed by atoms with Crippen LogP contribution >= 0.6 is 0 Å². The van der Waals surface area contributed by atoms with Gasteiger partial charge in [0.25, 0.3) is 0 Å². The van der Waals surface area contributed by atoms with E-state index in [1.54, 1.807) is 9.58 Å². The van der Waals surface area contributed by atoms with E-state index in [9.17, 15) is 4.79 Å². The van der Waals surface area contributed by atoms with Crippen molar-refractivity contribution < 1.29 is 9.53 Å². The van der Waals surface area contributed by atoms with Crippen molar-refractivity contribution in [3.8, 4) is 16.8 Å². The summed E-state index contributed by atoms with van der Waals surface area (Å²) in [6.07, 6.45) is 7.29. The highest BCUT2D eigenvalue weighted by Crippen LogP contribution is 2.27. The first kappa shape index (κ1) is 21.9. The third-order valence-electron chi connectivity index (χ3n) is 5.84. The molecular formula is C25H29N7O2. The van der Waals surface area contributed by atoms with Crippen LogP contribution in [0.15, 0.2) is 55.1 Å². The molecule has 0 aliphatic carbocycles. The second-order valence-corrected chi connectivity index (χ2v) is 9.56. The lowest BCUT2D eigenvalue weighted by atomic mass is 10.1. The summed E-state index contributed by atoms with van der Waals surface area (Å²) in [5, 5.41) is 9.99. The number of carbonyl (C=O) groups is 1. The third-order valence-corrected chi connectivity index (χ3v) is 5.84. The Balaban J connectivity index is 1.36. The molecule has 1 saturated heterocycles. The Bertz CT molecular complexity index is 1330. The zero-order valence-corrected chi connectivity index (χ0v) is 20.0. The van der Waals surface area contributed by atoms with Gasteiger partial charge in [-0.25, -0.2) is 14.5 Å². The first-order chi connectivity index (χ1) is 16.3. The summed E-state index contributed by atoms with van der Waals surface area (Å²) < 4.78 is 9.25. The molecule has 1 aliphatic rings. The van der Waals surface area contributed by atoms with Crippen LogP contribution in [-0.2, 0) is 11.8 Å². The number of amides is 1. The fourth-order valence-corrected chi connectivity index (χ4v) is 4.13. The Labute approximate surface area is 198 Å². The van der Waals surface area contributed by atoms with Gasteiger partial charge in [-0.2, -0.15) is 10.2 Å². The van der Waals surface area contributed by atoms with Crippen LogP contribution in [0.1, 0.15) is 20.8 Å². The number of aromatic nitrogens is 5. The van der Waals surface area contributed by atoms with Gasteiger partial charge in [0.1, 0.15) is 11.4 Å². The van der Waals surface area contributed by atoms with Crippen LogP contribution < -0.4 is 4.90 Å². The number of ether oxygens (including phenoxy) is 1. The smallest absolute Gasteiger partial charge is 0.410 e. The fraction of sp³-hybridized carbons (Fsp3) is 0.360. The maximum atomic E-state index is 12.4. The number of hydrogen-bond acceptors (Lipinski definition) is 6. The molecule has 0 saturated carbocycles. The van der Waals surface area contributed by atoms with Gasteiger partial charge in [0, 0.05) is 62.6 Å². The Hall–Kier alpha value is -3.88. The lowest BCUT2D eigenvalue weighted by Gasteiger charge is -2.36. The number of pyridine rings is 1. The van der Waals surface area contributed by atoms with E-state index in [-0.39, 0.29) is 6.09 Å². The Kier molecular flexibility index (Phi) is 5.47. The number of piperazine rings is 1. The van der Waals surface area contributed by atoms with Gasteiger partial charge >= 0.3 is 6.09 Å². The monoisotopic (exact) mass is 459 g/mol. The second kappa shape index (κ2) is 8.48. The van der Waals surface area contributed by atoms with Gasteiger partial charge < -0.3 is 14.5 Å². The standard InChI is InChI=1S/C25H29N7O2/c1-25(2,3)34-24(33)31-11-9-30(10-12-31)23-14-21(7-8-26-23)32-22-13-18(5-6-19(22)15-28-32)20-16-27-29(4)17-20/h5-8,13-17H,9-12H2,1-4H3. The molecule has 0 unspecified atom stereocenters. The van der Waals surface area contributed by atoms with Crippen molar-refractivity contribution in [2.24, 2.45) is 7.05 Å². The number of benzene rings is 1. The van der Waals surface area contributed by atoms with E-state index in [4.69, 9.17) is 4.74 Å². The van der Waals surface area contributed by atoms with Crippen molar-refractivity contribution >= 4 is 22.8 Å². The van der Waals surface area contributed by atoms with Gasteiger partial charge in [-0.05, 0) is 38.5 Å². The topological polar surface area (TPSA) is 81.3 Å². The van der Waals surface area contributed by atoms with Gasteiger partial charge in [0.15, 0.2) is 0 Å². The third kappa shape index (κ3) is 4.46. The predicted molar refractivity (Wildman–Crippen MR) is 131 cm³/mol. The fourth-order valence-electron chi connectivity index (χ4n) is 4.13. The van der Waals surface area contributed by atoms with Crippen molar-refractivity contribution in [3.63, 3.8) is 0 Å². The van der Waals surface area contributed by atoms with Gasteiger partial charge in [-0.1, -0.05) is 12.1 Å². The lowest BCUT2D eigenvalue weighted by Crippen LogP contribution is -2.50. The van der Waals surface area contributed by atoms with E-state index in [1.807, 2.05) is 69.4 Å². The quantitative estimate of drug-likeness (QED) is 0.463. The molecule has 0 spiro atoms. The molecule has 0 radical (unpaired) electrons. The first-order valence-corrected chi connectivity index (χ1v) is 11.4. The van der Waals surface area contributed by atoms with Crippen LogP contribution in [0.2, 0.25) is 0 Å². The van der Waals surface area contributed by atoms with Gasteiger partial charge in [-0.15, -0.1) is 0 Å². The summed E-state index contributed by atoms with van der Waals surface area (Å²) in [5.74, 6) is 0.869. The zero-order valence-electron chi connectivity index (χ0n) is 20.0. The van der Waals surface area contributed by atoms with Crippen LogP contribution in [0.3, 0.4) is 0 Å². The highest BCUT2D eigenvalue weighted by Gasteiger charge is 2.26. The Morgan fingerprint density at radius 3 is 2.47 bits per heavy atom. The van der Waals surface area contributed by atoms with E-state index < -0.39 is 5.60 Å². The van der Waals surface area contributed by atoms with Crippen molar-refractivity contribution in [1.29, 1.82) is 0 Å². The summed E-state index contributed by atoms with van der Waals surface area (Å²) in [4.78, 5) is 20.9. The van der Waals surface area contributed by atoms with Gasteiger partial charge in [-0.3, -0.25) is 4.68 Å². The summed E-state index contributed by atoms with van der Waals surface area (Å²) >= 11 is 0. The number of anilines is 1. The SMILES string of the molecule is Cn1cc(-c2ccc3cnn(-c4ccnc(N5CCN(C(=O)OC(C)(C)C)CC5)c4)c3c2)cn1. The van der Waals surface area contributed by atoms with Crippen molar-refractivity contribution in [2.45, 2.75) is 26.4 Å². The summed E-state index contributed by atoms with van der Waals surface area (Å²) in [6.45, 7) is 8.24. The maximum absolute atomic E-state index is 12.4. The van der Waals surface area contributed by atoms with Crippen molar-refractivity contribution in [1.82, 2.24) is 29.4 Å². The molecule has 0 bridgehead atoms. The number of rotatable bonds is 3. The molecule has 1 amide bonds. The maximum Gasteiger partial charge on any atom is 0.410 e. The molecule has 34 heavy (non-hydrogen) atoms. The van der Waals surface area contributed by atoms with Crippen LogP contribution in [-0.4, -0.2) is 67.3 Å². The van der Waals surface area contributed by atoms with E-state index in [1.165, 1.54) is 0 Å². The molecule has 0 N–H and O–H groups in total. The molecule has 1 aromatic carbocycles. The molecule has 4 aromatic rings. The zero-order chi connectivity index (χ0) is 23.9. The number of fused-ring (bicyclic) bond motifs is 1. The highest BCUT2D eigenvalue weighted by atomic mass is 16.6. The van der Waals surface area contributed by atoms with Crippen LogP contribution in [0.4, 0.5) is 10.6 Å². The van der Waals surface area contributed by atoms with Crippen LogP contribution in [0.25, 0.3) is 27.7 Å². The van der Waals surface area contributed by atoms with E-state index in [0.29, 0.717) is 26.2 Å². The molecule has 9 heteroatoms. The molecule has 3 aromatic heterocycles. The molecule has 9 nitrogen and oxygen atoms in total. The molecule has 176 valence electrons. The van der Waals surface area contributed by atoms with E-state index in [2.05, 4.69) is 38.3 Å². The normalized spacial score (nSPS) is 14.6. The molecule has 1 fully saturated rings. The van der Waals surface area contributed by atoms with E-state index >= 15 is 0 Å². The number of carbonyl (C=O) groups excluding carboxylic acids is 1. The number of aryl methyl sites for hydroxylation is 1. The van der Waals surface area contributed by atoms with Gasteiger partial charge in [0.05, 0.1) is 23.6 Å². The predicted octanol–water partition coefficient (Wildman–Crippen LogP) is 3.88. The Morgan fingerprint density at radius 2 is 1.76 bits per heavy atom. The molecule has 0 atom stereocenters. The minimum Gasteiger partial charge on any atom is -0.444 e. The summed E-state index contributed by atoms with van der Waals surface area (Å²) in [6, 6.07) is 10.3. The largest absolute Gasteiger partial charge is 0.444 e. The molecule has 1 aliphatic heterocycles. The Morgan fingerprint density at radius 1 is 0.971 bits per heavy atom.